The molecule has 1 unspecified atom stereocenters. The van der Waals surface area contributed by atoms with Gasteiger partial charge >= 0.3 is 5.97 Å². The maximum Gasteiger partial charge on any atom is 0.340 e. The van der Waals surface area contributed by atoms with Crippen molar-refractivity contribution in [3.63, 3.8) is 0 Å². The highest BCUT2D eigenvalue weighted by atomic mass is 19.1. The van der Waals surface area contributed by atoms with Crippen LogP contribution < -0.4 is 10.6 Å². The second-order valence-corrected chi connectivity index (χ2v) is 7.08. The quantitative estimate of drug-likeness (QED) is 0.494. The molecule has 4 rings (SSSR count). The lowest BCUT2D eigenvalue weighted by molar-refractivity contribution is -0.157. The first-order valence-electron chi connectivity index (χ1n) is 9.15. The van der Waals surface area contributed by atoms with E-state index >= 15 is 0 Å². The molecular formula is C21H16F2N4O4. The number of carbonyl (C=O) groups is 2. The molecule has 10 heteroatoms. The van der Waals surface area contributed by atoms with E-state index in [1.165, 1.54) is 30.3 Å². The first-order valence-corrected chi connectivity index (χ1v) is 9.15. The Bertz CT molecular complexity index is 1190. The summed E-state index contributed by atoms with van der Waals surface area (Å²) >= 11 is 0. The van der Waals surface area contributed by atoms with E-state index in [4.69, 9.17) is 5.11 Å². The van der Waals surface area contributed by atoms with Crippen LogP contribution in [0.2, 0.25) is 0 Å². The van der Waals surface area contributed by atoms with E-state index in [0.29, 0.717) is 5.69 Å². The van der Waals surface area contributed by atoms with Gasteiger partial charge in [-0.3, -0.25) is 4.79 Å². The summed E-state index contributed by atoms with van der Waals surface area (Å²) in [5.74, 6) is -3.72. The molecule has 158 valence electrons. The molecule has 1 amide bonds. The summed E-state index contributed by atoms with van der Waals surface area (Å²) in [6.45, 7) is 1.23. The standard InChI is InChI=1S/C21H16F2N4O4/c1-21(31,20(29)30)10-5-7-11(8-6-10)25-18-16-14(9-24-19(16)28)26-17(27-18)15-12(22)3-2-4-13(15)23/h2-8,31H,9H2,1H3,(H,24,28)(H,29,30)(H,25,26,27). The van der Waals surface area contributed by atoms with Crippen LogP contribution in [0.25, 0.3) is 11.4 Å². The first kappa shape index (κ1) is 20.4. The van der Waals surface area contributed by atoms with Gasteiger partial charge in [0.2, 0.25) is 0 Å². The van der Waals surface area contributed by atoms with E-state index in [2.05, 4.69) is 20.6 Å². The van der Waals surface area contributed by atoms with Crippen LogP contribution in [0.5, 0.6) is 0 Å². The molecule has 3 aromatic rings. The highest BCUT2D eigenvalue weighted by Crippen LogP contribution is 2.31. The van der Waals surface area contributed by atoms with Crippen molar-refractivity contribution < 1.29 is 28.6 Å². The molecule has 4 N–H and O–H groups in total. The largest absolute Gasteiger partial charge is 0.479 e. The second-order valence-electron chi connectivity index (χ2n) is 7.08. The normalized spacial score (nSPS) is 14.5. The lowest BCUT2D eigenvalue weighted by atomic mass is 9.96. The summed E-state index contributed by atoms with van der Waals surface area (Å²) in [5, 5.41) is 24.7. The van der Waals surface area contributed by atoms with Gasteiger partial charge in [0.05, 0.1) is 17.8 Å². The van der Waals surface area contributed by atoms with Crippen molar-refractivity contribution in [1.82, 2.24) is 15.3 Å². The van der Waals surface area contributed by atoms with Gasteiger partial charge in [0, 0.05) is 5.69 Å². The number of carbonyl (C=O) groups excluding carboxylic acids is 1. The number of rotatable bonds is 5. The Hall–Kier alpha value is -3.92. The lowest BCUT2D eigenvalue weighted by Gasteiger charge is -2.19. The van der Waals surface area contributed by atoms with Crippen LogP contribution >= 0.6 is 0 Å². The van der Waals surface area contributed by atoms with Crippen LogP contribution in [-0.2, 0) is 16.9 Å². The summed E-state index contributed by atoms with van der Waals surface area (Å²) in [6, 6.07) is 9.15. The van der Waals surface area contributed by atoms with Gasteiger partial charge in [-0.15, -0.1) is 0 Å². The van der Waals surface area contributed by atoms with Gasteiger partial charge < -0.3 is 20.8 Å². The van der Waals surface area contributed by atoms with E-state index in [1.54, 1.807) is 0 Å². The van der Waals surface area contributed by atoms with Crippen molar-refractivity contribution in [2.24, 2.45) is 0 Å². The average molecular weight is 426 g/mol. The molecule has 1 aliphatic heterocycles. The number of aromatic nitrogens is 2. The van der Waals surface area contributed by atoms with Crippen LogP contribution in [0.3, 0.4) is 0 Å². The fourth-order valence-electron chi connectivity index (χ4n) is 3.18. The summed E-state index contributed by atoms with van der Waals surface area (Å²) in [6.07, 6.45) is 0. The zero-order chi connectivity index (χ0) is 22.3. The van der Waals surface area contributed by atoms with Crippen LogP contribution in [0.4, 0.5) is 20.3 Å². The number of amides is 1. The first-order chi connectivity index (χ1) is 14.7. The minimum atomic E-state index is -2.08. The van der Waals surface area contributed by atoms with Crippen molar-refractivity contribution in [1.29, 1.82) is 0 Å². The Morgan fingerprint density at radius 1 is 1.10 bits per heavy atom. The lowest BCUT2D eigenvalue weighted by Crippen LogP contribution is -2.31. The molecule has 2 heterocycles. The number of carboxylic acid groups (broad SMARTS) is 1. The molecule has 8 nitrogen and oxygen atoms in total. The number of fused-ring (bicyclic) bond motifs is 1. The third-order valence-electron chi connectivity index (χ3n) is 4.94. The highest BCUT2D eigenvalue weighted by Gasteiger charge is 2.32. The number of carboxylic acids is 1. The number of hydrogen-bond donors (Lipinski definition) is 4. The molecular weight excluding hydrogens is 410 g/mol. The Labute approximate surface area is 174 Å². The van der Waals surface area contributed by atoms with Crippen molar-refractivity contribution >= 4 is 23.4 Å². The van der Waals surface area contributed by atoms with Crippen molar-refractivity contribution in [2.75, 3.05) is 5.32 Å². The van der Waals surface area contributed by atoms with Gasteiger partial charge in [-0.1, -0.05) is 18.2 Å². The zero-order valence-corrected chi connectivity index (χ0v) is 16.1. The molecule has 0 saturated heterocycles. The van der Waals surface area contributed by atoms with Gasteiger partial charge in [0.15, 0.2) is 11.4 Å². The number of aliphatic carboxylic acids is 1. The van der Waals surface area contributed by atoms with Gasteiger partial charge in [0.1, 0.15) is 23.0 Å². The maximum atomic E-state index is 14.3. The molecule has 2 aromatic carbocycles. The fourth-order valence-corrected chi connectivity index (χ4v) is 3.18. The van der Waals surface area contributed by atoms with Crippen LogP contribution in [-0.4, -0.2) is 32.1 Å². The Balaban J connectivity index is 1.76. The monoisotopic (exact) mass is 426 g/mol. The predicted molar refractivity (Wildman–Crippen MR) is 105 cm³/mol. The zero-order valence-electron chi connectivity index (χ0n) is 16.1. The molecule has 1 atom stereocenters. The van der Waals surface area contributed by atoms with Gasteiger partial charge in [-0.2, -0.15) is 0 Å². The van der Waals surface area contributed by atoms with E-state index in [9.17, 15) is 23.5 Å². The Kier molecular flexibility index (Phi) is 4.86. The number of aliphatic hydroxyl groups is 1. The summed E-state index contributed by atoms with van der Waals surface area (Å²) in [7, 11) is 0. The molecule has 0 aliphatic carbocycles. The van der Waals surface area contributed by atoms with E-state index in [-0.39, 0.29) is 35.0 Å². The summed E-state index contributed by atoms with van der Waals surface area (Å²) in [5.41, 5.74) is -1.52. The average Bonchev–Trinajstić information content (AvgIpc) is 3.09. The number of nitrogens with one attached hydrogen (secondary N) is 2. The van der Waals surface area contributed by atoms with Crippen molar-refractivity contribution in [3.8, 4) is 11.4 Å². The van der Waals surface area contributed by atoms with Crippen molar-refractivity contribution in [3.05, 3.63) is 70.9 Å². The number of hydrogen-bond acceptors (Lipinski definition) is 6. The van der Waals surface area contributed by atoms with Crippen LogP contribution in [0.1, 0.15) is 28.5 Å². The highest BCUT2D eigenvalue weighted by molar-refractivity contribution is 6.03. The maximum absolute atomic E-state index is 14.3. The number of nitrogens with zero attached hydrogens (tertiary/aromatic N) is 2. The van der Waals surface area contributed by atoms with Gasteiger partial charge in [0.25, 0.3) is 5.91 Å². The molecule has 0 spiro atoms. The Morgan fingerprint density at radius 2 is 1.74 bits per heavy atom. The predicted octanol–water partition coefficient (Wildman–Crippen LogP) is 2.70. The van der Waals surface area contributed by atoms with Gasteiger partial charge in [-0.05, 0) is 36.8 Å². The fraction of sp³-hybridized carbons (Fsp3) is 0.143. The smallest absolute Gasteiger partial charge is 0.340 e. The molecule has 0 bridgehead atoms. The minimum Gasteiger partial charge on any atom is -0.479 e. The molecule has 0 fully saturated rings. The van der Waals surface area contributed by atoms with Crippen molar-refractivity contribution in [2.45, 2.75) is 19.1 Å². The topological polar surface area (TPSA) is 124 Å². The minimum absolute atomic E-state index is 0.0374. The number of halogens is 2. The molecule has 1 aromatic heterocycles. The third-order valence-corrected chi connectivity index (χ3v) is 4.94. The van der Waals surface area contributed by atoms with E-state index in [1.807, 2.05) is 0 Å². The van der Waals surface area contributed by atoms with Crippen LogP contribution in [0, 0.1) is 11.6 Å². The Morgan fingerprint density at radius 3 is 2.35 bits per heavy atom. The summed E-state index contributed by atoms with van der Waals surface area (Å²) < 4.78 is 28.5. The van der Waals surface area contributed by atoms with E-state index in [0.717, 1.165) is 19.1 Å². The summed E-state index contributed by atoms with van der Waals surface area (Å²) in [4.78, 5) is 31.8. The SMILES string of the molecule is CC(O)(C(=O)O)c1ccc(Nc2nc(-c3c(F)cccc3F)nc3c2C(=O)NC3)cc1. The molecule has 0 saturated carbocycles. The van der Waals surface area contributed by atoms with E-state index < -0.39 is 34.7 Å². The number of anilines is 2. The molecule has 31 heavy (non-hydrogen) atoms. The third kappa shape index (κ3) is 3.57. The molecule has 1 aliphatic rings. The number of benzene rings is 2. The molecule has 0 radical (unpaired) electrons. The second kappa shape index (κ2) is 7.40. The van der Waals surface area contributed by atoms with Gasteiger partial charge in [-0.25, -0.2) is 23.5 Å². The van der Waals surface area contributed by atoms with Crippen LogP contribution in [0.15, 0.2) is 42.5 Å².